The lowest BCUT2D eigenvalue weighted by Crippen LogP contribution is -2.40. The number of nitrogens with one attached hydrogen (secondary N) is 1. The van der Waals surface area contributed by atoms with Crippen molar-refractivity contribution in [2.45, 2.75) is 26.3 Å². The van der Waals surface area contributed by atoms with Gasteiger partial charge in [0.05, 0.1) is 6.61 Å². The van der Waals surface area contributed by atoms with Crippen molar-refractivity contribution in [3.05, 3.63) is 23.8 Å². The van der Waals surface area contributed by atoms with Crippen molar-refractivity contribution in [2.24, 2.45) is 5.92 Å². The molecule has 1 atom stereocenters. The zero-order chi connectivity index (χ0) is 14.2. The second-order valence-corrected chi connectivity index (χ2v) is 5.57. The van der Waals surface area contributed by atoms with Gasteiger partial charge < -0.3 is 15.0 Å². The molecule has 5 nitrogen and oxygen atoms in total. The predicted molar refractivity (Wildman–Crippen MR) is 79.5 cm³/mol. The molecule has 0 aromatic carbocycles. The molecule has 1 aliphatic heterocycles. The average Bonchev–Trinajstić information content (AvgIpc) is 2.48. The predicted octanol–water partition coefficient (Wildman–Crippen LogP) is 1.23. The Morgan fingerprint density at radius 1 is 1.40 bits per heavy atom. The fraction of sp³-hybridized carbons (Fsp3) is 0.733. The molecule has 0 aliphatic carbocycles. The molecule has 20 heavy (non-hydrogen) atoms. The van der Waals surface area contributed by atoms with E-state index in [1.165, 1.54) is 25.9 Å². The highest BCUT2D eigenvalue weighted by atomic mass is 16.5. The van der Waals surface area contributed by atoms with Gasteiger partial charge in [0, 0.05) is 44.7 Å². The maximum Gasteiger partial charge on any atom is 0.125 e. The fourth-order valence-corrected chi connectivity index (χ4v) is 2.67. The molecule has 1 unspecified atom stereocenters. The number of aromatic nitrogens is 2. The van der Waals surface area contributed by atoms with Crippen molar-refractivity contribution < 1.29 is 4.74 Å². The molecule has 1 aromatic rings. The Bertz CT molecular complexity index is 382. The first kappa shape index (κ1) is 15.4. The first-order chi connectivity index (χ1) is 9.78. The molecule has 1 N–H and O–H groups in total. The third-order valence-electron chi connectivity index (χ3n) is 3.81. The van der Waals surface area contributed by atoms with Crippen LogP contribution < -0.4 is 5.32 Å². The molecule has 0 radical (unpaired) electrons. The molecule has 0 bridgehead atoms. The van der Waals surface area contributed by atoms with Gasteiger partial charge in [-0.3, -0.25) is 0 Å². The van der Waals surface area contributed by atoms with Crippen LogP contribution in [0.25, 0.3) is 0 Å². The van der Waals surface area contributed by atoms with Crippen LogP contribution >= 0.6 is 0 Å². The third-order valence-corrected chi connectivity index (χ3v) is 3.81. The van der Waals surface area contributed by atoms with Crippen LogP contribution in [0, 0.1) is 12.8 Å². The standard InChI is InChI=1S/C15H26N4O/c1-13-17-10-15(11-18-13)9-16-8-14-4-3-5-19(12-14)6-7-20-2/h10-11,14,16H,3-9,12H2,1-2H3. The van der Waals surface area contributed by atoms with Crippen molar-refractivity contribution >= 4 is 0 Å². The van der Waals surface area contributed by atoms with Gasteiger partial charge in [-0.25, -0.2) is 9.97 Å². The van der Waals surface area contributed by atoms with E-state index in [9.17, 15) is 0 Å². The molecule has 2 rings (SSSR count). The Hall–Kier alpha value is -1.04. The Morgan fingerprint density at radius 2 is 2.20 bits per heavy atom. The van der Waals surface area contributed by atoms with Gasteiger partial charge in [-0.15, -0.1) is 0 Å². The second-order valence-electron chi connectivity index (χ2n) is 5.57. The molecular formula is C15H26N4O. The van der Waals surface area contributed by atoms with Crippen LogP contribution in [0.1, 0.15) is 24.2 Å². The first-order valence-corrected chi connectivity index (χ1v) is 7.47. The van der Waals surface area contributed by atoms with Gasteiger partial charge in [-0.05, 0) is 38.8 Å². The van der Waals surface area contributed by atoms with Crippen LogP contribution in [0.15, 0.2) is 12.4 Å². The van der Waals surface area contributed by atoms with Gasteiger partial charge >= 0.3 is 0 Å². The molecule has 1 fully saturated rings. The van der Waals surface area contributed by atoms with Crippen LogP contribution in [0.3, 0.4) is 0 Å². The van der Waals surface area contributed by atoms with Crippen LogP contribution in [-0.2, 0) is 11.3 Å². The molecular weight excluding hydrogens is 252 g/mol. The van der Waals surface area contributed by atoms with Gasteiger partial charge in [0.1, 0.15) is 5.82 Å². The van der Waals surface area contributed by atoms with E-state index in [2.05, 4.69) is 20.2 Å². The van der Waals surface area contributed by atoms with Crippen LogP contribution in [0.2, 0.25) is 0 Å². The Balaban J connectivity index is 1.67. The van der Waals surface area contributed by atoms with Gasteiger partial charge in [-0.2, -0.15) is 0 Å². The van der Waals surface area contributed by atoms with E-state index in [1.54, 1.807) is 7.11 Å². The normalized spacial score (nSPS) is 20.2. The van der Waals surface area contributed by atoms with Crippen molar-refractivity contribution in [1.82, 2.24) is 20.2 Å². The summed E-state index contributed by atoms with van der Waals surface area (Å²) in [5.41, 5.74) is 1.16. The number of hydrogen-bond donors (Lipinski definition) is 1. The Kier molecular flexibility index (Phi) is 6.36. The molecule has 2 heterocycles. The minimum absolute atomic E-state index is 0.743. The number of rotatable bonds is 7. The summed E-state index contributed by atoms with van der Waals surface area (Å²) in [6, 6.07) is 0. The molecule has 1 aliphatic rings. The lowest BCUT2D eigenvalue weighted by molar-refractivity contribution is 0.114. The zero-order valence-electron chi connectivity index (χ0n) is 12.6. The summed E-state index contributed by atoms with van der Waals surface area (Å²) in [6.07, 6.45) is 6.42. The second kappa shape index (κ2) is 8.29. The van der Waals surface area contributed by atoms with Gasteiger partial charge in [0.25, 0.3) is 0 Å². The molecule has 1 saturated heterocycles. The molecule has 0 amide bonds. The number of methoxy groups -OCH3 is 1. The number of likely N-dealkylation sites (tertiary alicyclic amines) is 1. The van der Waals surface area contributed by atoms with Crippen LogP contribution in [0.4, 0.5) is 0 Å². The minimum Gasteiger partial charge on any atom is -0.383 e. The summed E-state index contributed by atoms with van der Waals surface area (Å²) in [5.74, 6) is 1.57. The lowest BCUT2D eigenvalue weighted by Gasteiger charge is -2.32. The van der Waals surface area contributed by atoms with Gasteiger partial charge in [-0.1, -0.05) is 0 Å². The van der Waals surface area contributed by atoms with Crippen molar-refractivity contribution in [3.8, 4) is 0 Å². The van der Waals surface area contributed by atoms with E-state index in [1.807, 2.05) is 19.3 Å². The number of ether oxygens (including phenoxy) is 1. The summed E-state index contributed by atoms with van der Waals surface area (Å²) in [6.45, 7) is 8.12. The van der Waals surface area contributed by atoms with E-state index < -0.39 is 0 Å². The van der Waals surface area contributed by atoms with E-state index in [0.29, 0.717) is 0 Å². The monoisotopic (exact) mass is 278 g/mol. The summed E-state index contributed by atoms with van der Waals surface area (Å²) in [7, 11) is 1.77. The average molecular weight is 278 g/mol. The van der Waals surface area contributed by atoms with E-state index in [-0.39, 0.29) is 0 Å². The number of hydrogen-bond acceptors (Lipinski definition) is 5. The quantitative estimate of drug-likeness (QED) is 0.813. The summed E-state index contributed by atoms with van der Waals surface area (Å²) >= 11 is 0. The van der Waals surface area contributed by atoms with Gasteiger partial charge in [0.2, 0.25) is 0 Å². The summed E-state index contributed by atoms with van der Waals surface area (Å²) in [4.78, 5) is 10.9. The third kappa shape index (κ3) is 5.15. The highest BCUT2D eigenvalue weighted by Crippen LogP contribution is 2.15. The maximum atomic E-state index is 5.16. The first-order valence-electron chi connectivity index (χ1n) is 7.47. The smallest absolute Gasteiger partial charge is 0.125 e. The largest absolute Gasteiger partial charge is 0.383 e. The molecule has 0 spiro atoms. The van der Waals surface area contributed by atoms with E-state index >= 15 is 0 Å². The Morgan fingerprint density at radius 3 is 2.95 bits per heavy atom. The summed E-state index contributed by atoms with van der Waals surface area (Å²) in [5, 5.41) is 3.53. The van der Waals surface area contributed by atoms with Crippen molar-refractivity contribution in [3.63, 3.8) is 0 Å². The highest BCUT2D eigenvalue weighted by Gasteiger charge is 2.18. The number of piperidine rings is 1. The molecule has 112 valence electrons. The van der Waals surface area contributed by atoms with Gasteiger partial charge in [0.15, 0.2) is 0 Å². The number of nitrogens with zero attached hydrogens (tertiary/aromatic N) is 3. The fourth-order valence-electron chi connectivity index (χ4n) is 2.67. The zero-order valence-corrected chi connectivity index (χ0v) is 12.6. The van der Waals surface area contributed by atoms with E-state index in [4.69, 9.17) is 4.74 Å². The SMILES string of the molecule is COCCN1CCCC(CNCc2cnc(C)nc2)C1. The lowest BCUT2D eigenvalue weighted by atomic mass is 9.98. The molecule has 1 aromatic heterocycles. The topological polar surface area (TPSA) is 50.3 Å². The van der Waals surface area contributed by atoms with E-state index in [0.717, 1.165) is 43.5 Å². The number of aryl methyl sites for hydroxylation is 1. The van der Waals surface area contributed by atoms with Crippen molar-refractivity contribution in [2.75, 3.05) is 39.9 Å². The van der Waals surface area contributed by atoms with Crippen LogP contribution in [0.5, 0.6) is 0 Å². The molecule has 0 saturated carbocycles. The summed E-state index contributed by atoms with van der Waals surface area (Å²) < 4.78 is 5.16. The highest BCUT2D eigenvalue weighted by molar-refractivity contribution is 5.04. The maximum absolute atomic E-state index is 5.16. The van der Waals surface area contributed by atoms with Crippen molar-refractivity contribution in [1.29, 1.82) is 0 Å². The molecule has 5 heteroatoms. The van der Waals surface area contributed by atoms with Crippen LogP contribution in [-0.4, -0.2) is 54.8 Å². The Labute approximate surface area is 121 Å². The minimum atomic E-state index is 0.743.